The molecule has 3 aliphatic rings. The van der Waals surface area contributed by atoms with E-state index in [1.807, 2.05) is 0 Å². The molecule has 0 spiro atoms. The lowest BCUT2D eigenvalue weighted by atomic mass is 9.95. The summed E-state index contributed by atoms with van der Waals surface area (Å²) in [4.78, 5) is 6.39. The first-order valence-corrected chi connectivity index (χ1v) is 9.54. The van der Waals surface area contributed by atoms with Gasteiger partial charge in [0.25, 0.3) is 0 Å². The van der Waals surface area contributed by atoms with Crippen LogP contribution in [0.4, 0.5) is 28.9 Å². The van der Waals surface area contributed by atoms with Gasteiger partial charge >= 0.3 is 6.18 Å². The fraction of sp³-hybridized carbons (Fsp3) is 0.588. The Morgan fingerprint density at radius 3 is 2.69 bits per heavy atom. The highest BCUT2D eigenvalue weighted by Crippen LogP contribution is 2.46. The van der Waals surface area contributed by atoms with E-state index >= 15 is 0 Å². The summed E-state index contributed by atoms with van der Waals surface area (Å²) in [6, 6.07) is 0.659. The summed E-state index contributed by atoms with van der Waals surface area (Å²) in [6.45, 7) is 0.206. The maximum absolute atomic E-state index is 14.1. The quantitative estimate of drug-likeness (QED) is 0.607. The van der Waals surface area contributed by atoms with Gasteiger partial charge in [-0.15, -0.1) is 0 Å². The van der Waals surface area contributed by atoms with Crippen LogP contribution in [-0.2, 0) is 0 Å². The average molecular weight is 388 g/mol. The molecule has 4 nitrogen and oxygen atoms in total. The standard InChI is InChI=1S/C17H20F4N4S/c1-22-11-4-5-25(14(8-11)17(19,20)21)12-6-10(18)7-13-15(12)23-16(24-26-13)9-2-3-9/h6-7,9,11,14,22H,2-5,8H2,1H3,(H,23,24)/t11-,14+/m1/s1. The minimum atomic E-state index is -4.39. The number of nitrogens with zero attached hydrogens (tertiary/aromatic N) is 2. The second kappa shape index (κ2) is 6.60. The summed E-state index contributed by atoms with van der Waals surface area (Å²) in [6.07, 6.45) is -1.83. The van der Waals surface area contributed by atoms with Crippen LogP contribution < -0.4 is 14.9 Å². The lowest BCUT2D eigenvalue weighted by Crippen LogP contribution is -2.54. The number of hydrogen-bond acceptors (Lipinski definition) is 5. The van der Waals surface area contributed by atoms with Crippen LogP contribution in [-0.4, -0.2) is 37.7 Å². The first kappa shape index (κ1) is 17.9. The number of amidine groups is 1. The first-order chi connectivity index (χ1) is 12.4. The van der Waals surface area contributed by atoms with Crippen molar-refractivity contribution in [1.29, 1.82) is 0 Å². The van der Waals surface area contributed by atoms with E-state index in [1.165, 1.54) is 29.0 Å². The summed E-state index contributed by atoms with van der Waals surface area (Å²) in [5, 5.41) is 2.94. The lowest BCUT2D eigenvalue weighted by Gasteiger charge is -2.42. The van der Waals surface area contributed by atoms with Crippen molar-refractivity contribution in [2.45, 2.75) is 48.8 Å². The molecule has 2 N–H and O–H groups in total. The highest BCUT2D eigenvalue weighted by Gasteiger charge is 2.47. The number of anilines is 1. The number of hydrogen-bond donors (Lipinski definition) is 2. The van der Waals surface area contributed by atoms with E-state index in [9.17, 15) is 17.6 Å². The Morgan fingerprint density at radius 1 is 1.27 bits per heavy atom. The molecule has 2 atom stereocenters. The van der Waals surface area contributed by atoms with Gasteiger partial charge in [0, 0.05) is 18.5 Å². The molecule has 0 radical (unpaired) electrons. The molecule has 2 fully saturated rings. The topological polar surface area (TPSA) is 39.7 Å². The number of rotatable bonds is 3. The molecule has 4 rings (SSSR count). The molecule has 0 aromatic heterocycles. The van der Waals surface area contributed by atoms with E-state index in [0.717, 1.165) is 18.7 Å². The van der Waals surface area contributed by atoms with E-state index in [0.29, 0.717) is 22.9 Å². The van der Waals surface area contributed by atoms with Crippen molar-refractivity contribution in [3.63, 3.8) is 0 Å². The molecule has 1 saturated carbocycles. The van der Waals surface area contributed by atoms with Gasteiger partial charge in [0.2, 0.25) is 0 Å². The molecule has 0 unspecified atom stereocenters. The van der Waals surface area contributed by atoms with Gasteiger partial charge in [-0.1, -0.05) is 0 Å². The molecule has 9 heteroatoms. The predicted molar refractivity (Wildman–Crippen MR) is 94.5 cm³/mol. The maximum atomic E-state index is 14.1. The monoisotopic (exact) mass is 388 g/mol. The number of alkyl halides is 3. The van der Waals surface area contributed by atoms with Crippen LogP contribution in [0.2, 0.25) is 0 Å². The van der Waals surface area contributed by atoms with Crippen LogP contribution in [0.1, 0.15) is 25.7 Å². The van der Waals surface area contributed by atoms with Crippen molar-refractivity contribution in [3.05, 3.63) is 17.9 Å². The number of piperidine rings is 1. The van der Waals surface area contributed by atoms with Gasteiger partial charge in [0.1, 0.15) is 23.4 Å². The van der Waals surface area contributed by atoms with Gasteiger partial charge < -0.3 is 14.9 Å². The molecule has 0 bridgehead atoms. The highest BCUT2D eigenvalue weighted by atomic mass is 32.2. The Balaban J connectivity index is 1.76. The van der Waals surface area contributed by atoms with Crippen molar-refractivity contribution < 1.29 is 17.6 Å². The third kappa shape index (κ3) is 3.38. The molecule has 1 aromatic rings. The number of aliphatic imine (C=N–C) groups is 1. The molecule has 1 aliphatic carbocycles. The van der Waals surface area contributed by atoms with Crippen molar-refractivity contribution in [2.75, 3.05) is 18.5 Å². The minimum Gasteiger partial charge on any atom is -0.358 e. The molecule has 1 aromatic carbocycles. The Kier molecular flexibility index (Phi) is 4.54. The molecule has 1 saturated heterocycles. The number of fused-ring (bicyclic) bond motifs is 1. The summed E-state index contributed by atoms with van der Waals surface area (Å²) in [7, 11) is 1.67. The Hall–Kier alpha value is -1.48. The smallest absolute Gasteiger partial charge is 0.358 e. The van der Waals surface area contributed by atoms with Crippen LogP contribution >= 0.6 is 11.9 Å². The van der Waals surface area contributed by atoms with Crippen molar-refractivity contribution in [3.8, 4) is 0 Å². The van der Waals surface area contributed by atoms with Gasteiger partial charge in [-0.2, -0.15) is 13.2 Å². The van der Waals surface area contributed by atoms with Gasteiger partial charge in [0.05, 0.1) is 10.6 Å². The minimum absolute atomic E-state index is 0.0596. The van der Waals surface area contributed by atoms with E-state index in [2.05, 4.69) is 15.0 Å². The largest absolute Gasteiger partial charge is 0.408 e. The third-order valence-corrected chi connectivity index (χ3v) is 6.02. The van der Waals surface area contributed by atoms with Crippen molar-refractivity contribution in [2.24, 2.45) is 10.9 Å². The zero-order valence-electron chi connectivity index (χ0n) is 14.2. The Labute approximate surface area is 153 Å². The second-order valence-electron chi connectivity index (χ2n) is 7.01. The van der Waals surface area contributed by atoms with Crippen molar-refractivity contribution >= 4 is 29.2 Å². The SMILES string of the molecule is CN[C@@H]1CCN(c2cc(F)cc3c2N=C(C2CC2)NS3)[C@H](C(F)(F)F)C1. The molecular weight excluding hydrogens is 368 g/mol. The van der Waals surface area contributed by atoms with Crippen LogP contribution in [0.5, 0.6) is 0 Å². The highest BCUT2D eigenvalue weighted by molar-refractivity contribution is 7.98. The molecule has 142 valence electrons. The lowest BCUT2D eigenvalue weighted by molar-refractivity contribution is -0.154. The molecule has 2 aliphatic heterocycles. The predicted octanol–water partition coefficient (Wildman–Crippen LogP) is 4.00. The zero-order valence-corrected chi connectivity index (χ0v) is 15.1. The number of halogens is 4. The number of benzene rings is 1. The molecular formula is C17H20F4N4S. The second-order valence-corrected chi connectivity index (χ2v) is 7.86. The summed E-state index contributed by atoms with van der Waals surface area (Å²) in [5.74, 6) is 0.570. The normalized spacial score (nSPS) is 26.2. The average Bonchev–Trinajstić information content (AvgIpc) is 3.44. The zero-order chi connectivity index (χ0) is 18.5. The van der Waals surface area contributed by atoms with Crippen LogP contribution in [0.25, 0.3) is 0 Å². The maximum Gasteiger partial charge on any atom is 0.408 e. The third-order valence-electron chi connectivity index (χ3n) is 5.18. The van der Waals surface area contributed by atoms with E-state index < -0.39 is 18.0 Å². The van der Waals surface area contributed by atoms with E-state index in [-0.39, 0.29) is 24.7 Å². The van der Waals surface area contributed by atoms with Crippen molar-refractivity contribution in [1.82, 2.24) is 10.0 Å². The van der Waals surface area contributed by atoms with Crippen LogP contribution in [0.15, 0.2) is 22.0 Å². The van der Waals surface area contributed by atoms with Crippen LogP contribution in [0, 0.1) is 11.7 Å². The van der Waals surface area contributed by atoms with Gasteiger partial charge in [-0.25, -0.2) is 9.38 Å². The molecule has 0 amide bonds. The molecule has 26 heavy (non-hydrogen) atoms. The van der Waals surface area contributed by atoms with Crippen LogP contribution in [0.3, 0.4) is 0 Å². The van der Waals surface area contributed by atoms with E-state index in [4.69, 9.17) is 0 Å². The van der Waals surface area contributed by atoms with Gasteiger partial charge in [0.15, 0.2) is 0 Å². The van der Waals surface area contributed by atoms with Gasteiger partial charge in [-0.05, 0) is 56.8 Å². The molecule has 2 heterocycles. The van der Waals surface area contributed by atoms with Gasteiger partial charge in [-0.3, -0.25) is 0 Å². The van der Waals surface area contributed by atoms with E-state index in [1.54, 1.807) is 7.05 Å². The number of nitrogens with one attached hydrogen (secondary N) is 2. The summed E-state index contributed by atoms with van der Waals surface area (Å²) in [5.41, 5.74) is 0.693. The summed E-state index contributed by atoms with van der Waals surface area (Å²) < 4.78 is 58.4. The fourth-order valence-electron chi connectivity index (χ4n) is 3.58. The summed E-state index contributed by atoms with van der Waals surface area (Å²) >= 11 is 1.23. The Bertz CT molecular complexity index is 732. The first-order valence-electron chi connectivity index (χ1n) is 8.72. The Morgan fingerprint density at radius 2 is 2.04 bits per heavy atom. The fourth-order valence-corrected chi connectivity index (χ4v) is 4.42.